The van der Waals surface area contributed by atoms with Gasteiger partial charge < -0.3 is 20.8 Å². The van der Waals surface area contributed by atoms with Gasteiger partial charge >= 0.3 is 0 Å². The Morgan fingerprint density at radius 3 is 2.31 bits per heavy atom. The van der Waals surface area contributed by atoms with Crippen LogP contribution in [0.2, 0.25) is 0 Å². The van der Waals surface area contributed by atoms with E-state index in [1.54, 1.807) is 36.4 Å². The molecule has 9 heteroatoms. The highest BCUT2D eigenvalue weighted by atomic mass is 16.3. The highest BCUT2D eigenvalue weighted by molar-refractivity contribution is 5.95. The number of nitrogens with zero attached hydrogens (tertiary/aromatic N) is 2. The van der Waals surface area contributed by atoms with E-state index in [0.717, 1.165) is 32.7 Å². The number of hydrogen-bond donors (Lipinski definition) is 3. The second kappa shape index (κ2) is 9.85. The van der Waals surface area contributed by atoms with Crippen LogP contribution in [0.25, 0.3) is 0 Å². The van der Waals surface area contributed by atoms with Crippen molar-refractivity contribution in [2.75, 3.05) is 51.1 Å². The topological polar surface area (TPSA) is 121 Å². The molecular formula is C20H25N5O4. The first-order valence-electron chi connectivity index (χ1n) is 9.47. The number of furan rings is 1. The monoisotopic (exact) mass is 399 g/mol. The summed E-state index contributed by atoms with van der Waals surface area (Å²) in [5.74, 6) is -0.503. The van der Waals surface area contributed by atoms with Gasteiger partial charge in [0.05, 0.1) is 12.8 Å². The van der Waals surface area contributed by atoms with Crippen LogP contribution in [0.5, 0.6) is 0 Å². The third-order valence-corrected chi connectivity index (χ3v) is 4.74. The number of hydrogen-bond acceptors (Lipinski definition) is 6. The smallest absolute Gasteiger partial charge is 0.287 e. The van der Waals surface area contributed by atoms with Gasteiger partial charge in [-0.15, -0.1) is 0 Å². The summed E-state index contributed by atoms with van der Waals surface area (Å²) in [6.07, 6.45) is 1.47. The van der Waals surface area contributed by atoms with Gasteiger partial charge in [0.2, 0.25) is 11.8 Å². The molecule has 0 bridgehead atoms. The summed E-state index contributed by atoms with van der Waals surface area (Å²) in [5.41, 5.74) is 6.24. The van der Waals surface area contributed by atoms with Gasteiger partial charge in [0, 0.05) is 50.5 Å². The minimum Gasteiger partial charge on any atom is -0.459 e. The number of rotatable bonds is 8. The van der Waals surface area contributed by atoms with Gasteiger partial charge in [-0.1, -0.05) is 0 Å². The Balaban J connectivity index is 1.33. The Morgan fingerprint density at radius 1 is 1.00 bits per heavy atom. The zero-order chi connectivity index (χ0) is 20.6. The molecule has 2 aromatic rings. The molecule has 1 saturated heterocycles. The van der Waals surface area contributed by atoms with Crippen LogP contribution in [0, 0.1) is 0 Å². The predicted octanol–water partition coefficient (Wildman–Crippen LogP) is 0.365. The first kappa shape index (κ1) is 20.6. The van der Waals surface area contributed by atoms with Crippen LogP contribution in [-0.4, -0.2) is 73.3 Å². The third kappa shape index (κ3) is 6.16. The first-order chi connectivity index (χ1) is 14.0. The molecule has 0 aliphatic carbocycles. The number of primary amides is 1. The number of carbonyl (C=O) groups is 3. The second-order valence-corrected chi connectivity index (χ2v) is 6.84. The predicted molar refractivity (Wildman–Crippen MR) is 108 cm³/mol. The molecule has 154 valence electrons. The minimum atomic E-state index is -0.499. The van der Waals surface area contributed by atoms with E-state index in [1.807, 2.05) is 0 Å². The maximum atomic E-state index is 12.2. The highest BCUT2D eigenvalue weighted by Gasteiger charge is 2.19. The molecule has 9 nitrogen and oxygen atoms in total. The highest BCUT2D eigenvalue weighted by Crippen LogP contribution is 2.10. The molecule has 3 rings (SSSR count). The standard InChI is InChI=1S/C20H25N5O4/c21-19(27)15-3-5-16(6-4-15)23-18(26)14-25-11-9-24(10-12-25)8-7-22-20(28)17-2-1-13-29-17/h1-6,13H,7-12,14H2,(H2,21,27)(H,22,28)(H,23,26). The van der Waals surface area contributed by atoms with Crippen molar-refractivity contribution in [1.82, 2.24) is 15.1 Å². The van der Waals surface area contributed by atoms with Crippen molar-refractivity contribution in [2.24, 2.45) is 5.73 Å². The molecule has 0 spiro atoms. The summed E-state index contributed by atoms with van der Waals surface area (Å²) < 4.78 is 5.06. The molecular weight excluding hydrogens is 374 g/mol. The summed E-state index contributed by atoms with van der Waals surface area (Å²) in [7, 11) is 0. The lowest BCUT2D eigenvalue weighted by molar-refractivity contribution is -0.117. The van der Waals surface area contributed by atoms with Crippen molar-refractivity contribution in [2.45, 2.75) is 0 Å². The normalized spacial score (nSPS) is 15.0. The fourth-order valence-electron chi connectivity index (χ4n) is 3.11. The molecule has 1 fully saturated rings. The van der Waals surface area contributed by atoms with Crippen molar-refractivity contribution >= 4 is 23.4 Å². The molecule has 1 aliphatic rings. The molecule has 0 atom stereocenters. The first-order valence-corrected chi connectivity index (χ1v) is 9.47. The van der Waals surface area contributed by atoms with Crippen molar-refractivity contribution in [3.05, 3.63) is 54.0 Å². The lowest BCUT2D eigenvalue weighted by Gasteiger charge is -2.34. The van der Waals surface area contributed by atoms with E-state index in [-0.39, 0.29) is 11.8 Å². The molecule has 1 aliphatic heterocycles. The molecule has 0 saturated carbocycles. The molecule has 0 unspecified atom stereocenters. The van der Waals surface area contributed by atoms with Crippen molar-refractivity contribution < 1.29 is 18.8 Å². The lowest BCUT2D eigenvalue weighted by Crippen LogP contribution is -2.50. The maximum Gasteiger partial charge on any atom is 0.287 e. The summed E-state index contributed by atoms with van der Waals surface area (Å²) in [6.45, 7) is 4.81. The molecule has 1 aromatic heterocycles. The van der Waals surface area contributed by atoms with Gasteiger partial charge in [0.15, 0.2) is 5.76 Å². The molecule has 29 heavy (non-hydrogen) atoms. The van der Waals surface area contributed by atoms with Crippen LogP contribution >= 0.6 is 0 Å². The van der Waals surface area contributed by atoms with Gasteiger partial charge in [0.1, 0.15) is 0 Å². The van der Waals surface area contributed by atoms with E-state index in [9.17, 15) is 14.4 Å². The Labute approximate surface area is 168 Å². The van der Waals surface area contributed by atoms with E-state index in [0.29, 0.717) is 30.1 Å². The SMILES string of the molecule is NC(=O)c1ccc(NC(=O)CN2CCN(CCNC(=O)c3ccco3)CC2)cc1. The molecule has 0 radical (unpaired) electrons. The van der Waals surface area contributed by atoms with Gasteiger partial charge in [-0.25, -0.2) is 0 Å². The zero-order valence-corrected chi connectivity index (χ0v) is 16.1. The zero-order valence-electron chi connectivity index (χ0n) is 16.1. The van der Waals surface area contributed by atoms with Crippen LogP contribution < -0.4 is 16.4 Å². The molecule has 4 N–H and O–H groups in total. The van der Waals surface area contributed by atoms with Crippen molar-refractivity contribution in [3.8, 4) is 0 Å². The summed E-state index contributed by atoms with van der Waals surface area (Å²) in [6, 6.07) is 9.80. The number of piperazine rings is 1. The van der Waals surface area contributed by atoms with E-state index in [1.165, 1.54) is 6.26 Å². The van der Waals surface area contributed by atoms with Gasteiger partial charge in [-0.05, 0) is 36.4 Å². The maximum absolute atomic E-state index is 12.2. The minimum absolute atomic E-state index is 0.101. The Kier molecular flexibility index (Phi) is 6.99. The van der Waals surface area contributed by atoms with Crippen LogP contribution in [0.15, 0.2) is 47.1 Å². The summed E-state index contributed by atoms with van der Waals surface area (Å²) in [5, 5.41) is 5.66. The van der Waals surface area contributed by atoms with E-state index in [4.69, 9.17) is 10.2 Å². The van der Waals surface area contributed by atoms with E-state index >= 15 is 0 Å². The number of nitrogens with two attached hydrogens (primary N) is 1. The molecule has 1 aromatic carbocycles. The van der Waals surface area contributed by atoms with E-state index < -0.39 is 5.91 Å². The summed E-state index contributed by atoms with van der Waals surface area (Å²) >= 11 is 0. The van der Waals surface area contributed by atoms with Crippen LogP contribution in [0.4, 0.5) is 5.69 Å². The number of nitrogens with one attached hydrogen (secondary N) is 2. The Bertz CT molecular complexity index is 827. The number of benzene rings is 1. The Hall–Kier alpha value is -3.17. The van der Waals surface area contributed by atoms with Crippen LogP contribution in [-0.2, 0) is 4.79 Å². The largest absolute Gasteiger partial charge is 0.459 e. The number of amides is 3. The average molecular weight is 399 g/mol. The van der Waals surface area contributed by atoms with Gasteiger partial charge in [-0.3, -0.25) is 24.2 Å². The second-order valence-electron chi connectivity index (χ2n) is 6.84. The number of anilines is 1. The van der Waals surface area contributed by atoms with Gasteiger partial charge in [0.25, 0.3) is 5.91 Å². The molecule has 2 heterocycles. The quantitative estimate of drug-likeness (QED) is 0.590. The van der Waals surface area contributed by atoms with Crippen molar-refractivity contribution in [3.63, 3.8) is 0 Å². The third-order valence-electron chi connectivity index (χ3n) is 4.74. The molecule has 3 amide bonds. The van der Waals surface area contributed by atoms with Gasteiger partial charge in [-0.2, -0.15) is 0 Å². The fourth-order valence-corrected chi connectivity index (χ4v) is 3.11. The lowest BCUT2D eigenvalue weighted by atomic mass is 10.2. The Morgan fingerprint density at radius 2 is 1.69 bits per heavy atom. The summed E-state index contributed by atoms with van der Waals surface area (Å²) in [4.78, 5) is 39.5. The average Bonchev–Trinajstić information content (AvgIpc) is 3.24. The van der Waals surface area contributed by atoms with Crippen LogP contribution in [0.1, 0.15) is 20.9 Å². The van der Waals surface area contributed by atoms with E-state index in [2.05, 4.69) is 20.4 Å². The van der Waals surface area contributed by atoms with Crippen molar-refractivity contribution in [1.29, 1.82) is 0 Å². The fraction of sp³-hybridized carbons (Fsp3) is 0.350. The number of carbonyl (C=O) groups excluding carboxylic acids is 3. The van der Waals surface area contributed by atoms with Crippen LogP contribution in [0.3, 0.4) is 0 Å².